The molecule has 0 saturated carbocycles. The number of carbonyl (C=O) groups is 3. The molecule has 1 aliphatic heterocycles. The zero-order valence-corrected chi connectivity index (χ0v) is 16.4. The molecule has 0 atom stereocenters. The van der Waals surface area contributed by atoms with Gasteiger partial charge in [-0.2, -0.15) is 0 Å². The highest BCUT2D eigenvalue weighted by Gasteiger charge is 2.27. The van der Waals surface area contributed by atoms with Gasteiger partial charge in [-0.1, -0.05) is 0 Å². The van der Waals surface area contributed by atoms with Crippen molar-refractivity contribution in [3.63, 3.8) is 0 Å². The van der Waals surface area contributed by atoms with Gasteiger partial charge in [0, 0.05) is 29.6 Å². The number of nitro groups is 1. The molecule has 0 aliphatic carbocycles. The molecule has 0 radical (unpaired) electrons. The molecule has 0 bridgehead atoms. The van der Waals surface area contributed by atoms with Crippen LogP contribution in [0.25, 0.3) is 0 Å². The van der Waals surface area contributed by atoms with E-state index in [2.05, 4.69) is 10.3 Å². The molecule has 0 unspecified atom stereocenters. The molecule has 1 N–H and O–H groups in total. The molecule has 2 aromatic rings. The Hall–Kier alpha value is -3.34. The van der Waals surface area contributed by atoms with Crippen molar-refractivity contribution in [1.29, 1.82) is 0 Å². The van der Waals surface area contributed by atoms with E-state index < -0.39 is 16.8 Å². The van der Waals surface area contributed by atoms with Crippen molar-refractivity contribution < 1.29 is 24.0 Å². The average Bonchev–Trinajstić information content (AvgIpc) is 3.10. The van der Waals surface area contributed by atoms with Gasteiger partial charge in [0.15, 0.2) is 5.13 Å². The van der Waals surface area contributed by atoms with Crippen LogP contribution in [0.2, 0.25) is 0 Å². The van der Waals surface area contributed by atoms with Gasteiger partial charge in [-0.15, -0.1) is 11.3 Å². The first-order valence-electron chi connectivity index (χ1n) is 8.85. The van der Waals surface area contributed by atoms with Gasteiger partial charge < -0.3 is 15.0 Å². The standard InChI is InChI=1S/C18H18N4O6S/c1-2-28-17(25)8-12-10-29-18(19-12)20-15(23)9-21-14-5-4-13(22(26)27)7-11(14)3-6-16(21)24/h4-5,7,10H,2-3,6,8-9H2,1H3,(H,19,20,23). The Labute approximate surface area is 169 Å². The van der Waals surface area contributed by atoms with E-state index in [0.29, 0.717) is 28.5 Å². The molecule has 2 heterocycles. The largest absolute Gasteiger partial charge is 0.466 e. The zero-order valence-electron chi connectivity index (χ0n) is 15.5. The number of amides is 2. The van der Waals surface area contributed by atoms with Crippen LogP contribution in [0.1, 0.15) is 24.6 Å². The number of esters is 1. The smallest absolute Gasteiger partial charge is 0.311 e. The normalized spacial score (nSPS) is 13.0. The summed E-state index contributed by atoms with van der Waals surface area (Å²) in [4.78, 5) is 52.1. The maximum absolute atomic E-state index is 12.4. The fourth-order valence-corrected chi connectivity index (χ4v) is 3.67. The van der Waals surface area contributed by atoms with E-state index in [0.717, 1.165) is 11.3 Å². The lowest BCUT2D eigenvalue weighted by atomic mass is 10.0. The second-order valence-electron chi connectivity index (χ2n) is 6.22. The summed E-state index contributed by atoms with van der Waals surface area (Å²) in [6.07, 6.45) is 0.566. The summed E-state index contributed by atoms with van der Waals surface area (Å²) < 4.78 is 4.86. The first-order chi connectivity index (χ1) is 13.9. The summed E-state index contributed by atoms with van der Waals surface area (Å²) in [5.41, 5.74) is 1.57. The van der Waals surface area contributed by atoms with Crippen LogP contribution in [0.5, 0.6) is 0 Å². The Bertz CT molecular complexity index is 973. The topological polar surface area (TPSA) is 132 Å². The third kappa shape index (κ3) is 4.93. The van der Waals surface area contributed by atoms with Crippen molar-refractivity contribution in [2.45, 2.75) is 26.2 Å². The number of fused-ring (bicyclic) bond motifs is 1. The molecule has 29 heavy (non-hydrogen) atoms. The van der Waals surface area contributed by atoms with Crippen LogP contribution in [-0.4, -0.2) is 40.8 Å². The number of nitrogens with zero attached hydrogens (tertiary/aromatic N) is 3. The van der Waals surface area contributed by atoms with E-state index in [1.54, 1.807) is 12.3 Å². The summed E-state index contributed by atoms with van der Waals surface area (Å²) in [6, 6.07) is 4.22. The van der Waals surface area contributed by atoms with Gasteiger partial charge in [-0.05, 0) is 25.0 Å². The number of ether oxygens (including phenoxy) is 1. The van der Waals surface area contributed by atoms with Crippen LogP contribution in [0, 0.1) is 10.1 Å². The van der Waals surface area contributed by atoms with Gasteiger partial charge in [-0.3, -0.25) is 24.5 Å². The van der Waals surface area contributed by atoms with E-state index in [1.807, 2.05) is 0 Å². The molecule has 3 rings (SSSR count). The van der Waals surface area contributed by atoms with Crippen LogP contribution < -0.4 is 10.2 Å². The molecule has 1 aromatic carbocycles. The van der Waals surface area contributed by atoms with Gasteiger partial charge >= 0.3 is 5.97 Å². The van der Waals surface area contributed by atoms with E-state index >= 15 is 0 Å². The number of anilines is 2. The molecule has 10 nitrogen and oxygen atoms in total. The fraction of sp³-hybridized carbons (Fsp3) is 0.333. The molecule has 0 saturated heterocycles. The van der Waals surface area contributed by atoms with Gasteiger partial charge in [0.25, 0.3) is 5.69 Å². The minimum atomic E-state index is -0.496. The van der Waals surface area contributed by atoms with Crippen LogP contribution in [0.4, 0.5) is 16.5 Å². The van der Waals surface area contributed by atoms with Crippen molar-refractivity contribution in [2.75, 3.05) is 23.4 Å². The number of aryl methyl sites for hydroxylation is 1. The van der Waals surface area contributed by atoms with E-state index in [-0.39, 0.29) is 37.6 Å². The summed E-state index contributed by atoms with van der Waals surface area (Å²) in [5.74, 6) is -1.09. The lowest BCUT2D eigenvalue weighted by Crippen LogP contribution is -2.40. The third-order valence-electron chi connectivity index (χ3n) is 4.20. The average molecular weight is 418 g/mol. The minimum Gasteiger partial charge on any atom is -0.466 e. The number of thiazole rings is 1. The lowest BCUT2D eigenvalue weighted by Gasteiger charge is -2.28. The highest BCUT2D eigenvalue weighted by atomic mass is 32.1. The Balaban J connectivity index is 1.67. The number of rotatable bonds is 7. The molecule has 1 aromatic heterocycles. The number of hydrogen-bond acceptors (Lipinski definition) is 8. The first-order valence-corrected chi connectivity index (χ1v) is 9.73. The molecule has 152 valence electrons. The number of nitro benzene ring substituents is 1. The van der Waals surface area contributed by atoms with Crippen LogP contribution in [-0.2, 0) is 32.0 Å². The molecule has 2 amide bonds. The summed E-state index contributed by atoms with van der Waals surface area (Å²) in [6.45, 7) is 1.75. The Morgan fingerprint density at radius 2 is 2.17 bits per heavy atom. The monoisotopic (exact) mass is 418 g/mol. The number of benzene rings is 1. The van der Waals surface area contributed by atoms with Crippen molar-refractivity contribution in [3.8, 4) is 0 Å². The number of non-ortho nitro benzene ring substituents is 1. The summed E-state index contributed by atoms with van der Waals surface area (Å²) in [7, 11) is 0. The second-order valence-corrected chi connectivity index (χ2v) is 7.08. The maximum Gasteiger partial charge on any atom is 0.311 e. The predicted octanol–water partition coefficient (Wildman–Crippen LogP) is 2.07. The van der Waals surface area contributed by atoms with Gasteiger partial charge in [0.2, 0.25) is 11.8 Å². The van der Waals surface area contributed by atoms with Crippen LogP contribution in [0.3, 0.4) is 0 Å². The Morgan fingerprint density at radius 1 is 1.38 bits per heavy atom. The SMILES string of the molecule is CCOC(=O)Cc1csc(NC(=O)CN2C(=O)CCc3cc([N+](=O)[O-])ccc32)n1. The number of carbonyl (C=O) groups excluding carboxylic acids is 3. The molecule has 11 heteroatoms. The van der Waals surface area contributed by atoms with Crippen LogP contribution >= 0.6 is 11.3 Å². The molecular weight excluding hydrogens is 400 g/mol. The van der Waals surface area contributed by atoms with E-state index in [4.69, 9.17) is 4.74 Å². The van der Waals surface area contributed by atoms with Crippen LogP contribution in [0.15, 0.2) is 23.6 Å². The zero-order chi connectivity index (χ0) is 21.0. The van der Waals surface area contributed by atoms with Crippen molar-refractivity contribution in [1.82, 2.24) is 4.98 Å². The number of nitrogens with one attached hydrogen (secondary N) is 1. The van der Waals surface area contributed by atoms with Crippen molar-refractivity contribution >= 4 is 45.6 Å². The Morgan fingerprint density at radius 3 is 2.90 bits per heavy atom. The fourth-order valence-electron chi connectivity index (χ4n) is 2.94. The predicted molar refractivity (Wildman–Crippen MR) is 105 cm³/mol. The first kappa shape index (κ1) is 20.4. The second kappa shape index (κ2) is 8.78. The number of hydrogen-bond donors (Lipinski definition) is 1. The van der Waals surface area contributed by atoms with Gasteiger partial charge in [0.1, 0.15) is 6.54 Å². The quantitative estimate of drug-likeness (QED) is 0.413. The minimum absolute atomic E-state index is 0.0109. The van der Waals surface area contributed by atoms with E-state index in [1.165, 1.54) is 23.1 Å². The van der Waals surface area contributed by atoms with Crippen molar-refractivity contribution in [2.24, 2.45) is 0 Å². The van der Waals surface area contributed by atoms with Gasteiger partial charge in [0.05, 0.1) is 23.6 Å². The van der Waals surface area contributed by atoms with Crippen molar-refractivity contribution in [3.05, 3.63) is 45.0 Å². The third-order valence-corrected chi connectivity index (χ3v) is 5.01. The highest BCUT2D eigenvalue weighted by molar-refractivity contribution is 7.13. The molecule has 0 spiro atoms. The molecular formula is C18H18N4O6S. The Kier molecular flexibility index (Phi) is 6.17. The number of aromatic nitrogens is 1. The van der Waals surface area contributed by atoms with E-state index in [9.17, 15) is 24.5 Å². The summed E-state index contributed by atoms with van der Waals surface area (Å²) >= 11 is 1.16. The highest BCUT2D eigenvalue weighted by Crippen LogP contribution is 2.31. The molecule has 1 aliphatic rings. The summed E-state index contributed by atoms with van der Waals surface area (Å²) in [5, 5.41) is 15.5. The maximum atomic E-state index is 12.4. The lowest BCUT2D eigenvalue weighted by molar-refractivity contribution is -0.384. The molecule has 0 fully saturated rings. The van der Waals surface area contributed by atoms with Gasteiger partial charge in [-0.25, -0.2) is 4.98 Å².